The molecule has 2 fully saturated rings. The summed E-state index contributed by atoms with van der Waals surface area (Å²) in [5.74, 6) is 0.566. The molecule has 0 spiro atoms. The average molecular weight is 273 g/mol. The normalized spacial score (nSPS) is 28.8. The summed E-state index contributed by atoms with van der Waals surface area (Å²) in [6.45, 7) is 5.39. The average Bonchev–Trinajstić information content (AvgIpc) is 2.71. The zero-order valence-electron chi connectivity index (χ0n) is 12.2. The van der Waals surface area contributed by atoms with Crippen molar-refractivity contribution in [1.29, 1.82) is 0 Å². The largest absolute Gasteiger partial charge is 0.466 e. The molecule has 1 aromatic carbocycles. The molecule has 0 aromatic heterocycles. The number of carbonyl (C=O) groups excluding carboxylic acids is 1. The van der Waals surface area contributed by atoms with E-state index >= 15 is 0 Å². The molecular weight excluding hydrogens is 250 g/mol. The molecule has 1 aliphatic carbocycles. The second-order valence-corrected chi connectivity index (χ2v) is 6.08. The summed E-state index contributed by atoms with van der Waals surface area (Å²) in [5.41, 5.74) is 1.20. The van der Waals surface area contributed by atoms with Gasteiger partial charge in [-0.25, -0.2) is 0 Å². The molecule has 1 aromatic rings. The lowest BCUT2D eigenvalue weighted by Crippen LogP contribution is -2.47. The SMILES string of the molecule is CCOC(=O)[C@@]12CC[C@@H]1CN(CCc1ccccc1)C2. The van der Waals surface area contributed by atoms with Gasteiger partial charge in [-0.15, -0.1) is 0 Å². The van der Waals surface area contributed by atoms with Crippen LogP contribution >= 0.6 is 0 Å². The molecule has 1 heterocycles. The van der Waals surface area contributed by atoms with Crippen molar-refractivity contribution in [3.63, 3.8) is 0 Å². The van der Waals surface area contributed by atoms with Gasteiger partial charge in [-0.05, 0) is 37.7 Å². The van der Waals surface area contributed by atoms with Crippen LogP contribution in [-0.2, 0) is 16.0 Å². The van der Waals surface area contributed by atoms with Crippen LogP contribution in [0.25, 0.3) is 0 Å². The monoisotopic (exact) mass is 273 g/mol. The predicted molar refractivity (Wildman–Crippen MR) is 78.4 cm³/mol. The van der Waals surface area contributed by atoms with Crippen LogP contribution in [-0.4, -0.2) is 37.1 Å². The minimum absolute atomic E-state index is 0.0402. The number of fused-ring (bicyclic) bond motifs is 1. The first-order chi connectivity index (χ1) is 9.74. The molecule has 0 bridgehead atoms. The molecule has 1 aliphatic heterocycles. The molecule has 2 aliphatic rings. The molecule has 3 nitrogen and oxygen atoms in total. The fraction of sp³-hybridized carbons (Fsp3) is 0.588. The van der Waals surface area contributed by atoms with Gasteiger partial charge in [-0.3, -0.25) is 4.79 Å². The van der Waals surface area contributed by atoms with Gasteiger partial charge in [0.2, 0.25) is 0 Å². The molecule has 3 rings (SSSR count). The van der Waals surface area contributed by atoms with E-state index in [-0.39, 0.29) is 11.4 Å². The van der Waals surface area contributed by atoms with E-state index in [4.69, 9.17) is 4.74 Å². The van der Waals surface area contributed by atoms with E-state index < -0.39 is 0 Å². The number of rotatable bonds is 5. The number of hydrogen-bond donors (Lipinski definition) is 0. The third-order valence-corrected chi connectivity index (χ3v) is 4.95. The molecule has 0 unspecified atom stereocenters. The van der Waals surface area contributed by atoms with Gasteiger partial charge in [0.15, 0.2) is 0 Å². The fourth-order valence-electron chi connectivity index (χ4n) is 3.66. The third-order valence-electron chi connectivity index (χ3n) is 4.95. The summed E-state index contributed by atoms with van der Waals surface area (Å²) >= 11 is 0. The molecule has 0 N–H and O–H groups in total. The first-order valence-corrected chi connectivity index (χ1v) is 7.68. The van der Waals surface area contributed by atoms with Crippen molar-refractivity contribution < 1.29 is 9.53 Å². The molecule has 20 heavy (non-hydrogen) atoms. The zero-order valence-corrected chi connectivity index (χ0v) is 12.2. The van der Waals surface area contributed by atoms with Crippen molar-refractivity contribution in [3.05, 3.63) is 35.9 Å². The Morgan fingerprint density at radius 3 is 2.85 bits per heavy atom. The van der Waals surface area contributed by atoms with Crippen molar-refractivity contribution in [3.8, 4) is 0 Å². The highest BCUT2D eigenvalue weighted by molar-refractivity contribution is 5.79. The van der Waals surface area contributed by atoms with Crippen LogP contribution in [0, 0.1) is 11.3 Å². The summed E-state index contributed by atoms with van der Waals surface area (Å²) in [4.78, 5) is 14.6. The number of esters is 1. The van der Waals surface area contributed by atoms with Crippen LogP contribution in [0.5, 0.6) is 0 Å². The van der Waals surface area contributed by atoms with Gasteiger partial charge in [0.25, 0.3) is 0 Å². The maximum Gasteiger partial charge on any atom is 0.313 e. The van der Waals surface area contributed by atoms with E-state index in [2.05, 4.69) is 35.2 Å². The molecule has 0 amide bonds. The Kier molecular flexibility index (Phi) is 3.79. The summed E-state index contributed by atoms with van der Waals surface area (Å²) < 4.78 is 5.30. The van der Waals surface area contributed by atoms with Crippen molar-refractivity contribution in [2.75, 3.05) is 26.2 Å². The Morgan fingerprint density at radius 1 is 1.40 bits per heavy atom. The maximum atomic E-state index is 12.2. The van der Waals surface area contributed by atoms with E-state index in [0.717, 1.165) is 32.5 Å². The van der Waals surface area contributed by atoms with Crippen molar-refractivity contribution >= 4 is 5.97 Å². The van der Waals surface area contributed by atoms with E-state index in [1.54, 1.807) is 0 Å². The summed E-state index contributed by atoms with van der Waals surface area (Å²) in [5, 5.41) is 0. The number of hydrogen-bond acceptors (Lipinski definition) is 3. The van der Waals surface area contributed by atoms with Gasteiger partial charge in [-0.1, -0.05) is 30.3 Å². The highest BCUT2D eigenvalue weighted by Gasteiger charge is 2.58. The minimum Gasteiger partial charge on any atom is -0.466 e. The van der Waals surface area contributed by atoms with Gasteiger partial charge < -0.3 is 9.64 Å². The molecule has 108 valence electrons. The van der Waals surface area contributed by atoms with Gasteiger partial charge in [0.05, 0.1) is 12.0 Å². The van der Waals surface area contributed by atoms with Crippen molar-refractivity contribution in [2.24, 2.45) is 11.3 Å². The van der Waals surface area contributed by atoms with Crippen LogP contribution < -0.4 is 0 Å². The fourth-order valence-corrected chi connectivity index (χ4v) is 3.66. The first-order valence-electron chi connectivity index (χ1n) is 7.68. The Labute approximate surface area is 120 Å². The Morgan fingerprint density at radius 2 is 2.20 bits per heavy atom. The first kappa shape index (κ1) is 13.6. The van der Waals surface area contributed by atoms with Gasteiger partial charge in [0, 0.05) is 19.6 Å². The van der Waals surface area contributed by atoms with E-state index in [0.29, 0.717) is 12.5 Å². The van der Waals surface area contributed by atoms with E-state index in [1.807, 2.05) is 6.92 Å². The lowest BCUT2D eigenvalue weighted by molar-refractivity contribution is -0.163. The Balaban J connectivity index is 1.57. The number of benzene rings is 1. The van der Waals surface area contributed by atoms with Gasteiger partial charge in [0.1, 0.15) is 0 Å². The standard InChI is InChI=1S/C17H23NO2/c1-2-20-16(19)17-10-8-15(17)12-18(13-17)11-9-14-6-4-3-5-7-14/h3-7,15H,2,8-13H2,1H3/t15-,17-/m1/s1. The lowest BCUT2D eigenvalue weighted by atomic mass is 9.62. The molecular formula is C17H23NO2. The van der Waals surface area contributed by atoms with Gasteiger partial charge >= 0.3 is 5.97 Å². The second kappa shape index (κ2) is 5.57. The van der Waals surface area contributed by atoms with Crippen LogP contribution in [0.1, 0.15) is 25.3 Å². The molecule has 0 radical (unpaired) electrons. The number of ether oxygens (including phenoxy) is 1. The number of carbonyl (C=O) groups is 1. The topological polar surface area (TPSA) is 29.5 Å². The molecule has 3 heteroatoms. The van der Waals surface area contributed by atoms with E-state index in [1.165, 1.54) is 12.0 Å². The second-order valence-electron chi connectivity index (χ2n) is 6.08. The lowest BCUT2D eigenvalue weighted by Gasteiger charge is -2.41. The van der Waals surface area contributed by atoms with Crippen LogP contribution in [0.3, 0.4) is 0 Å². The van der Waals surface area contributed by atoms with Crippen LogP contribution in [0.15, 0.2) is 30.3 Å². The molecule has 2 atom stereocenters. The minimum atomic E-state index is -0.174. The zero-order chi connectivity index (χ0) is 14.0. The van der Waals surface area contributed by atoms with Crippen LogP contribution in [0.2, 0.25) is 0 Å². The summed E-state index contributed by atoms with van der Waals surface area (Å²) in [7, 11) is 0. The van der Waals surface area contributed by atoms with Crippen molar-refractivity contribution in [1.82, 2.24) is 4.90 Å². The highest BCUT2D eigenvalue weighted by Crippen LogP contribution is 2.52. The summed E-state index contributed by atoms with van der Waals surface area (Å²) in [6.07, 6.45) is 3.26. The predicted octanol–water partition coefficient (Wildman–Crippen LogP) is 2.50. The van der Waals surface area contributed by atoms with Gasteiger partial charge in [-0.2, -0.15) is 0 Å². The number of nitrogens with zero attached hydrogens (tertiary/aromatic N) is 1. The maximum absolute atomic E-state index is 12.2. The van der Waals surface area contributed by atoms with Crippen LogP contribution in [0.4, 0.5) is 0 Å². The third kappa shape index (κ3) is 2.35. The highest BCUT2D eigenvalue weighted by atomic mass is 16.5. The smallest absolute Gasteiger partial charge is 0.313 e. The molecule has 1 saturated carbocycles. The van der Waals surface area contributed by atoms with E-state index in [9.17, 15) is 4.79 Å². The summed E-state index contributed by atoms with van der Waals surface area (Å²) in [6, 6.07) is 10.6. The number of likely N-dealkylation sites (tertiary alicyclic amines) is 1. The Bertz CT molecular complexity index is 473. The Hall–Kier alpha value is -1.35. The molecule has 1 saturated heterocycles. The van der Waals surface area contributed by atoms with Crippen molar-refractivity contribution in [2.45, 2.75) is 26.2 Å². The quantitative estimate of drug-likeness (QED) is 0.772.